The number of benzene rings is 2. The molecule has 132 valence electrons. The predicted molar refractivity (Wildman–Crippen MR) is 105 cm³/mol. The Kier molecular flexibility index (Phi) is 4.34. The first-order chi connectivity index (χ1) is 12.7. The number of hydrogen-bond acceptors (Lipinski definition) is 3. The minimum absolute atomic E-state index is 0.0103. The van der Waals surface area contributed by atoms with Crippen LogP contribution in [-0.4, -0.2) is 34.1 Å². The Hall–Kier alpha value is -2.86. The molecule has 0 bridgehead atoms. The molecule has 2 N–H and O–H groups in total. The Morgan fingerprint density at radius 1 is 1.15 bits per heavy atom. The summed E-state index contributed by atoms with van der Waals surface area (Å²) < 4.78 is 5.17. The molecule has 0 unspecified atom stereocenters. The first-order valence-electron chi connectivity index (χ1n) is 8.45. The van der Waals surface area contributed by atoms with E-state index in [4.69, 9.17) is 17.0 Å². The number of para-hydroxylation sites is 1. The van der Waals surface area contributed by atoms with Gasteiger partial charge in [-0.1, -0.05) is 30.3 Å². The standard InChI is InChI=1S/C20H19N3O2S/c1-25-15-8-6-13(7-9-15)12-23-19(24)18(22-20(23)26)10-14-11-21-17-5-3-2-4-16(14)17/h2-9,11,18,21H,10,12H2,1H3,(H,22,26)/t18-/m0/s1. The lowest BCUT2D eigenvalue weighted by molar-refractivity contribution is -0.127. The third-order valence-electron chi connectivity index (χ3n) is 4.71. The van der Waals surface area contributed by atoms with Gasteiger partial charge in [-0.25, -0.2) is 0 Å². The number of rotatable bonds is 5. The lowest BCUT2D eigenvalue weighted by Gasteiger charge is -2.15. The maximum atomic E-state index is 12.8. The van der Waals surface area contributed by atoms with Gasteiger partial charge in [-0.3, -0.25) is 9.69 Å². The summed E-state index contributed by atoms with van der Waals surface area (Å²) in [5.74, 6) is 0.801. The van der Waals surface area contributed by atoms with E-state index in [2.05, 4.69) is 16.4 Å². The molecule has 6 heteroatoms. The van der Waals surface area contributed by atoms with E-state index < -0.39 is 0 Å². The molecule has 0 radical (unpaired) electrons. The fourth-order valence-corrected chi connectivity index (χ4v) is 3.60. The van der Waals surface area contributed by atoms with E-state index in [1.54, 1.807) is 12.0 Å². The molecule has 4 rings (SSSR count). The van der Waals surface area contributed by atoms with Crippen molar-refractivity contribution in [1.82, 2.24) is 15.2 Å². The first kappa shape index (κ1) is 16.6. The van der Waals surface area contributed by atoms with E-state index in [0.29, 0.717) is 18.1 Å². The SMILES string of the molecule is COc1ccc(CN2C(=O)[C@H](Cc3c[nH]c4ccccc34)NC2=S)cc1. The second kappa shape index (κ2) is 6.80. The number of nitrogens with one attached hydrogen (secondary N) is 2. The molecular formula is C20H19N3O2S. The fourth-order valence-electron chi connectivity index (χ4n) is 3.30. The van der Waals surface area contributed by atoms with Crippen molar-refractivity contribution >= 4 is 34.1 Å². The molecule has 2 heterocycles. The molecule has 1 aromatic heterocycles. The average molecular weight is 365 g/mol. The van der Waals surface area contributed by atoms with Crippen LogP contribution < -0.4 is 10.1 Å². The molecule has 5 nitrogen and oxygen atoms in total. The largest absolute Gasteiger partial charge is 0.497 e. The van der Waals surface area contributed by atoms with E-state index >= 15 is 0 Å². The molecule has 0 aliphatic carbocycles. The van der Waals surface area contributed by atoms with Crippen molar-refractivity contribution in [3.63, 3.8) is 0 Å². The molecule has 1 atom stereocenters. The van der Waals surface area contributed by atoms with Gasteiger partial charge in [0.1, 0.15) is 11.8 Å². The maximum absolute atomic E-state index is 12.8. The van der Waals surface area contributed by atoms with Gasteiger partial charge in [0.05, 0.1) is 13.7 Å². The summed E-state index contributed by atoms with van der Waals surface area (Å²) in [5, 5.41) is 4.79. The highest BCUT2D eigenvalue weighted by molar-refractivity contribution is 7.80. The van der Waals surface area contributed by atoms with Crippen LogP contribution in [0.3, 0.4) is 0 Å². The molecule has 1 aliphatic rings. The van der Waals surface area contributed by atoms with E-state index in [0.717, 1.165) is 27.8 Å². The summed E-state index contributed by atoms with van der Waals surface area (Å²) in [6.07, 6.45) is 2.57. The zero-order chi connectivity index (χ0) is 18.1. The number of ether oxygens (including phenoxy) is 1. The van der Waals surface area contributed by atoms with Gasteiger partial charge in [0, 0.05) is 23.5 Å². The summed E-state index contributed by atoms with van der Waals surface area (Å²) in [5.41, 5.74) is 3.20. The second-order valence-corrected chi connectivity index (χ2v) is 6.72. The van der Waals surface area contributed by atoms with E-state index in [1.165, 1.54) is 0 Å². The predicted octanol–water partition coefficient (Wildman–Crippen LogP) is 3.00. The highest BCUT2D eigenvalue weighted by Gasteiger charge is 2.35. The maximum Gasteiger partial charge on any atom is 0.251 e. The number of hydrogen-bond donors (Lipinski definition) is 2. The Bertz CT molecular complexity index is 965. The fraction of sp³-hybridized carbons (Fsp3) is 0.200. The number of amides is 1. The summed E-state index contributed by atoms with van der Waals surface area (Å²) in [7, 11) is 1.63. The molecule has 2 aromatic carbocycles. The van der Waals surface area contributed by atoms with Gasteiger partial charge in [-0.15, -0.1) is 0 Å². The number of carbonyl (C=O) groups excluding carboxylic acids is 1. The molecule has 0 spiro atoms. The summed E-state index contributed by atoms with van der Waals surface area (Å²) in [6, 6.07) is 15.4. The number of methoxy groups -OCH3 is 1. The Labute approximate surface area is 157 Å². The van der Waals surface area contributed by atoms with Crippen LogP contribution in [0, 0.1) is 0 Å². The molecule has 1 aliphatic heterocycles. The molecule has 3 aromatic rings. The molecule has 0 saturated carbocycles. The van der Waals surface area contributed by atoms with E-state index in [9.17, 15) is 4.79 Å². The van der Waals surface area contributed by atoms with Gasteiger partial charge in [-0.2, -0.15) is 0 Å². The number of carbonyl (C=O) groups is 1. The second-order valence-electron chi connectivity index (χ2n) is 6.34. The van der Waals surface area contributed by atoms with E-state index in [-0.39, 0.29) is 11.9 Å². The van der Waals surface area contributed by atoms with Crippen LogP contribution in [0.4, 0.5) is 0 Å². The number of aromatic nitrogens is 1. The number of thiocarbonyl (C=S) groups is 1. The van der Waals surface area contributed by atoms with Crippen molar-refractivity contribution in [3.8, 4) is 5.75 Å². The molecule has 1 fully saturated rings. The van der Waals surface area contributed by atoms with Crippen LogP contribution in [0.15, 0.2) is 54.7 Å². The third-order valence-corrected chi connectivity index (χ3v) is 5.04. The number of nitrogens with zero attached hydrogens (tertiary/aromatic N) is 1. The molecular weight excluding hydrogens is 346 g/mol. The topological polar surface area (TPSA) is 57.4 Å². The minimum atomic E-state index is -0.333. The van der Waals surface area contributed by atoms with Crippen molar-refractivity contribution in [2.24, 2.45) is 0 Å². The van der Waals surface area contributed by atoms with Crippen molar-refractivity contribution in [1.29, 1.82) is 0 Å². The van der Waals surface area contributed by atoms with Crippen LogP contribution in [0.1, 0.15) is 11.1 Å². The molecule has 1 saturated heterocycles. The lowest BCUT2D eigenvalue weighted by Crippen LogP contribution is -2.32. The highest BCUT2D eigenvalue weighted by Crippen LogP contribution is 2.22. The Morgan fingerprint density at radius 2 is 1.92 bits per heavy atom. The van der Waals surface area contributed by atoms with Crippen molar-refractivity contribution in [3.05, 3.63) is 65.9 Å². The van der Waals surface area contributed by atoms with Crippen molar-refractivity contribution in [2.45, 2.75) is 19.0 Å². The smallest absolute Gasteiger partial charge is 0.251 e. The average Bonchev–Trinajstić information content (AvgIpc) is 3.19. The number of H-pyrrole nitrogens is 1. The Morgan fingerprint density at radius 3 is 2.69 bits per heavy atom. The van der Waals surface area contributed by atoms with Crippen LogP contribution in [-0.2, 0) is 17.8 Å². The van der Waals surface area contributed by atoms with Gasteiger partial charge in [0.15, 0.2) is 5.11 Å². The van der Waals surface area contributed by atoms with Crippen LogP contribution >= 0.6 is 12.2 Å². The lowest BCUT2D eigenvalue weighted by atomic mass is 10.0. The van der Waals surface area contributed by atoms with Crippen LogP contribution in [0.5, 0.6) is 5.75 Å². The minimum Gasteiger partial charge on any atom is -0.497 e. The van der Waals surface area contributed by atoms with Gasteiger partial charge in [0.2, 0.25) is 0 Å². The van der Waals surface area contributed by atoms with E-state index in [1.807, 2.05) is 48.7 Å². The zero-order valence-electron chi connectivity index (χ0n) is 14.4. The van der Waals surface area contributed by atoms with Crippen LogP contribution in [0.2, 0.25) is 0 Å². The van der Waals surface area contributed by atoms with Gasteiger partial charge < -0.3 is 15.0 Å². The Balaban J connectivity index is 1.49. The highest BCUT2D eigenvalue weighted by atomic mass is 32.1. The number of fused-ring (bicyclic) bond motifs is 1. The summed E-state index contributed by atoms with van der Waals surface area (Å²) >= 11 is 5.40. The summed E-state index contributed by atoms with van der Waals surface area (Å²) in [6.45, 7) is 0.457. The monoisotopic (exact) mass is 365 g/mol. The van der Waals surface area contributed by atoms with Crippen molar-refractivity contribution in [2.75, 3.05) is 7.11 Å². The summed E-state index contributed by atoms with van der Waals surface area (Å²) in [4.78, 5) is 17.7. The van der Waals surface area contributed by atoms with Gasteiger partial charge >= 0.3 is 0 Å². The third kappa shape index (κ3) is 3.04. The van der Waals surface area contributed by atoms with Gasteiger partial charge in [0.25, 0.3) is 5.91 Å². The van der Waals surface area contributed by atoms with Gasteiger partial charge in [-0.05, 0) is 41.5 Å². The quantitative estimate of drug-likeness (QED) is 0.683. The first-order valence-corrected chi connectivity index (χ1v) is 8.86. The van der Waals surface area contributed by atoms with Crippen molar-refractivity contribution < 1.29 is 9.53 Å². The van der Waals surface area contributed by atoms with Crippen LogP contribution in [0.25, 0.3) is 10.9 Å². The molecule has 26 heavy (non-hydrogen) atoms. The molecule has 1 amide bonds. The zero-order valence-corrected chi connectivity index (χ0v) is 15.2. The number of aromatic amines is 1. The normalized spacial score (nSPS) is 17.0.